The number of phenolic OH excluding ortho intramolecular Hbond substituents is 1. The van der Waals surface area contributed by atoms with Gasteiger partial charge < -0.3 is 31.5 Å². The van der Waals surface area contributed by atoms with Crippen LogP contribution in [0, 0.1) is 11.8 Å². The van der Waals surface area contributed by atoms with Gasteiger partial charge in [0.2, 0.25) is 5.78 Å². The standard InChI is InChI=1S/C30H32N4O8/c1-4-13-8-16(12-33-29(41)14-6-5-7-32-11-14)23(35)20-17(13)9-15-10-18-22(34(2)3)25(37)21(28(31)40)27(39)30(18,42)26(38)19(15)24(20)36/h5-8,11,15,18,22,35,37-38,42H,4,9-10,12H2,1-3H3,(H2,31,40)(H,33,41)/t15-,18+,22-,30+/m1/s1. The Morgan fingerprint density at radius 2 is 1.90 bits per heavy atom. The first-order valence-electron chi connectivity index (χ1n) is 13.5. The molecule has 2 amide bonds. The van der Waals surface area contributed by atoms with Crippen LogP contribution in [0.25, 0.3) is 0 Å². The third-order valence-electron chi connectivity index (χ3n) is 8.64. The predicted octanol–water partition coefficient (Wildman–Crippen LogP) is 1.01. The van der Waals surface area contributed by atoms with E-state index >= 15 is 0 Å². The molecule has 0 aliphatic heterocycles. The molecule has 2 aromatic rings. The Kier molecular flexibility index (Phi) is 7.15. The van der Waals surface area contributed by atoms with Crippen LogP contribution in [0.5, 0.6) is 5.75 Å². The summed E-state index contributed by atoms with van der Waals surface area (Å²) < 4.78 is 0. The molecule has 42 heavy (non-hydrogen) atoms. The highest BCUT2D eigenvalue weighted by Crippen LogP contribution is 2.52. The second-order valence-electron chi connectivity index (χ2n) is 11.1. The Hall–Kier alpha value is -4.55. The van der Waals surface area contributed by atoms with Gasteiger partial charge in [0.15, 0.2) is 11.4 Å². The third-order valence-corrected chi connectivity index (χ3v) is 8.64. The van der Waals surface area contributed by atoms with E-state index < -0.39 is 64.0 Å². The van der Waals surface area contributed by atoms with Gasteiger partial charge in [-0.2, -0.15) is 0 Å². The minimum absolute atomic E-state index is 0.0125. The molecule has 12 heteroatoms. The van der Waals surface area contributed by atoms with E-state index in [0.717, 1.165) is 5.56 Å². The molecule has 0 unspecified atom stereocenters. The number of amides is 2. The summed E-state index contributed by atoms with van der Waals surface area (Å²) in [6.45, 7) is 1.77. The minimum Gasteiger partial charge on any atom is -0.510 e. The molecule has 1 aromatic carbocycles. The molecule has 1 aromatic heterocycles. The minimum atomic E-state index is -2.71. The molecular formula is C30H32N4O8. The SMILES string of the molecule is CCc1cc(CNC(=O)c2cccnc2)c(O)c2c1C[C@@H]1C[C@H]3[C@@H](N(C)C)C(O)=C(C(N)=O)C(=O)[C@@]3(O)C(O)=C1C2=O. The number of aliphatic hydroxyl groups is 3. The second-order valence-corrected chi connectivity index (χ2v) is 11.1. The molecule has 12 nitrogen and oxygen atoms in total. The third kappa shape index (κ3) is 4.17. The van der Waals surface area contributed by atoms with Crippen molar-refractivity contribution in [3.8, 4) is 5.75 Å². The zero-order valence-electron chi connectivity index (χ0n) is 23.3. The van der Waals surface area contributed by atoms with Gasteiger partial charge >= 0.3 is 0 Å². The first kappa shape index (κ1) is 29.0. The van der Waals surface area contributed by atoms with Crippen LogP contribution in [-0.2, 0) is 29.0 Å². The van der Waals surface area contributed by atoms with Crippen molar-refractivity contribution >= 4 is 23.4 Å². The average molecular weight is 577 g/mol. The molecule has 4 atom stereocenters. The van der Waals surface area contributed by atoms with Crippen LogP contribution >= 0.6 is 0 Å². The van der Waals surface area contributed by atoms with Crippen LogP contribution in [0.15, 0.2) is 53.3 Å². The van der Waals surface area contributed by atoms with Crippen molar-refractivity contribution in [1.82, 2.24) is 15.2 Å². The lowest BCUT2D eigenvalue weighted by molar-refractivity contribution is -0.148. The Morgan fingerprint density at radius 3 is 2.50 bits per heavy atom. The van der Waals surface area contributed by atoms with E-state index in [2.05, 4.69) is 10.3 Å². The maximum absolute atomic E-state index is 14.0. The number of aliphatic hydroxyl groups excluding tert-OH is 2. The van der Waals surface area contributed by atoms with E-state index in [-0.39, 0.29) is 41.8 Å². The molecule has 0 spiro atoms. The largest absolute Gasteiger partial charge is 0.510 e. The smallest absolute Gasteiger partial charge is 0.255 e. The number of ketones is 2. The molecule has 3 aliphatic carbocycles. The van der Waals surface area contributed by atoms with E-state index in [9.17, 15) is 39.6 Å². The molecule has 0 bridgehead atoms. The summed E-state index contributed by atoms with van der Waals surface area (Å²) >= 11 is 0. The summed E-state index contributed by atoms with van der Waals surface area (Å²) in [5.74, 6) is -7.44. The number of allylic oxidation sites excluding steroid dienone is 1. The number of hydrogen-bond donors (Lipinski definition) is 6. The zero-order valence-corrected chi connectivity index (χ0v) is 23.3. The van der Waals surface area contributed by atoms with Gasteiger partial charge in [-0.1, -0.05) is 13.0 Å². The van der Waals surface area contributed by atoms with Crippen molar-refractivity contribution in [1.29, 1.82) is 0 Å². The topological polar surface area (TPSA) is 203 Å². The average Bonchev–Trinajstić information content (AvgIpc) is 2.94. The number of aromatic nitrogens is 1. The number of Topliss-reactive ketones (excluding diaryl/α,β-unsaturated/α-hetero) is 2. The molecule has 1 heterocycles. The highest BCUT2D eigenvalue weighted by atomic mass is 16.3. The van der Waals surface area contributed by atoms with Crippen LogP contribution in [0.1, 0.15) is 50.8 Å². The predicted molar refractivity (Wildman–Crippen MR) is 148 cm³/mol. The van der Waals surface area contributed by atoms with Crippen molar-refractivity contribution in [2.24, 2.45) is 17.6 Å². The van der Waals surface area contributed by atoms with Crippen LogP contribution < -0.4 is 11.1 Å². The van der Waals surface area contributed by atoms with Gasteiger partial charge in [0.05, 0.1) is 17.2 Å². The number of benzene rings is 1. The summed E-state index contributed by atoms with van der Waals surface area (Å²) in [6, 6.07) is 3.86. The summed E-state index contributed by atoms with van der Waals surface area (Å²) in [5.41, 5.74) is 3.40. The first-order chi connectivity index (χ1) is 19.8. The van der Waals surface area contributed by atoms with Crippen molar-refractivity contribution < 1.29 is 39.6 Å². The van der Waals surface area contributed by atoms with Crippen LogP contribution in [0.3, 0.4) is 0 Å². The fraction of sp³-hybridized carbons (Fsp3) is 0.367. The van der Waals surface area contributed by atoms with E-state index in [1.807, 2.05) is 6.92 Å². The Balaban J connectivity index is 1.60. The number of nitrogens with two attached hydrogens (primary N) is 1. The number of rotatable bonds is 6. The number of likely N-dealkylation sites (N-methyl/N-ethyl adjacent to an activating group) is 1. The molecule has 220 valence electrons. The fourth-order valence-electron chi connectivity index (χ4n) is 6.68. The monoisotopic (exact) mass is 576 g/mol. The summed E-state index contributed by atoms with van der Waals surface area (Å²) in [6.07, 6.45) is 3.63. The van der Waals surface area contributed by atoms with E-state index in [1.165, 1.54) is 17.3 Å². The number of primary amides is 1. The number of fused-ring (bicyclic) bond motifs is 3. The number of nitrogens with one attached hydrogen (secondary N) is 1. The fourth-order valence-corrected chi connectivity index (χ4v) is 6.68. The van der Waals surface area contributed by atoms with Crippen molar-refractivity contribution in [3.63, 3.8) is 0 Å². The molecule has 0 saturated carbocycles. The number of phenols is 1. The first-order valence-corrected chi connectivity index (χ1v) is 13.5. The highest BCUT2D eigenvalue weighted by molar-refractivity contribution is 6.24. The van der Waals surface area contributed by atoms with Gasteiger partial charge in [0.25, 0.3) is 11.8 Å². The summed E-state index contributed by atoms with van der Waals surface area (Å²) in [4.78, 5) is 57.6. The molecule has 0 fully saturated rings. The lowest BCUT2D eigenvalue weighted by atomic mass is 9.58. The molecule has 0 radical (unpaired) electrons. The summed E-state index contributed by atoms with van der Waals surface area (Å²) in [7, 11) is 3.16. The number of pyridine rings is 1. The molecule has 5 rings (SSSR count). The van der Waals surface area contributed by atoms with E-state index in [0.29, 0.717) is 17.5 Å². The van der Waals surface area contributed by atoms with Gasteiger partial charge in [0.1, 0.15) is 22.8 Å². The van der Waals surface area contributed by atoms with Crippen molar-refractivity contribution in [2.45, 2.75) is 44.4 Å². The van der Waals surface area contributed by atoms with E-state index in [4.69, 9.17) is 5.73 Å². The maximum atomic E-state index is 14.0. The maximum Gasteiger partial charge on any atom is 0.255 e. The lowest BCUT2D eigenvalue weighted by Crippen LogP contribution is -2.63. The second kappa shape index (κ2) is 10.4. The van der Waals surface area contributed by atoms with Gasteiger partial charge in [0, 0.05) is 36.0 Å². The highest BCUT2D eigenvalue weighted by Gasteiger charge is 2.63. The molecule has 0 saturated heterocycles. The normalized spacial score (nSPS) is 25.2. The Bertz CT molecular complexity index is 1600. The lowest BCUT2D eigenvalue weighted by Gasteiger charge is -2.50. The Labute approximate surface area is 241 Å². The van der Waals surface area contributed by atoms with E-state index in [1.54, 1.807) is 32.3 Å². The number of carbonyl (C=O) groups is 4. The van der Waals surface area contributed by atoms with Crippen LogP contribution in [-0.4, -0.2) is 79.4 Å². The molecule has 3 aliphatic rings. The molecular weight excluding hydrogens is 544 g/mol. The quantitative estimate of drug-likeness (QED) is 0.269. The number of aryl methyl sites for hydroxylation is 1. The van der Waals surface area contributed by atoms with Gasteiger partial charge in [-0.3, -0.25) is 29.1 Å². The van der Waals surface area contributed by atoms with Gasteiger partial charge in [-0.15, -0.1) is 0 Å². The van der Waals surface area contributed by atoms with Crippen molar-refractivity contribution in [2.75, 3.05) is 14.1 Å². The van der Waals surface area contributed by atoms with Gasteiger partial charge in [-0.05, 0) is 62.5 Å². The van der Waals surface area contributed by atoms with Gasteiger partial charge in [-0.25, -0.2) is 0 Å². The number of hydrogen-bond acceptors (Lipinski definition) is 10. The summed E-state index contributed by atoms with van der Waals surface area (Å²) in [5, 5.41) is 48.1. The zero-order chi connectivity index (χ0) is 30.7. The Morgan fingerprint density at radius 1 is 1.19 bits per heavy atom. The van der Waals surface area contributed by atoms with Crippen molar-refractivity contribution in [3.05, 3.63) is 81.1 Å². The van der Waals surface area contributed by atoms with Crippen LogP contribution in [0.4, 0.5) is 0 Å². The number of carbonyl (C=O) groups excluding carboxylic acids is 4. The molecule has 7 N–H and O–H groups in total. The van der Waals surface area contributed by atoms with Crippen LogP contribution in [0.2, 0.25) is 0 Å². The number of nitrogens with zero attached hydrogens (tertiary/aromatic N) is 2. The number of aromatic hydroxyl groups is 1.